The number of halogens is 3. The van der Waals surface area contributed by atoms with E-state index in [4.69, 9.17) is 9.15 Å². The Hall–Kier alpha value is -2.81. The van der Waals surface area contributed by atoms with E-state index in [2.05, 4.69) is 0 Å². The Morgan fingerprint density at radius 1 is 1.07 bits per heavy atom. The van der Waals surface area contributed by atoms with Crippen LogP contribution in [0.3, 0.4) is 0 Å². The van der Waals surface area contributed by atoms with Gasteiger partial charge in [0.1, 0.15) is 22.0 Å². The van der Waals surface area contributed by atoms with Gasteiger partial charge in [-0.25, -0.2) is 13.2 Å². The van der Waals surface area contributed by atoms with Crippen molar-refractivity contribution >= 4 is 20.8 Å². The maximum atomic E-state index is 12.9. The molecule has 0 fully saturated rings. The molecule has 3 aromatic rings. The molecule has 142 valence electrons. The summed E-state index contributed by atoms with van der Waals surface area (Å²) in [7, 11) is -5.59. The Bertz CT molecular complexity index is 1160. The van der Waals surface area contributed by atoms with E-state index in [0.29, 0.717) is 11.8 Å². The number of para-hydroxylation sites is 1. The number of hydrogen-bond acceptors (Lipinski definition) is 5. The van der Waals surface area contributed by atoms with E-state index in [0.717, 1.165) is 17.7 Å². The molecule has 0 aliphatic rings. The van der Waals surface area contributed by atoms with Crippen LogP contribution in [0.1, 0.15) is 12.5 Å². The van der Waals surface area contributed by atoms with Gasteiger partial charge < -0.3 is 9.15 Å². The van der Waals surface area contributed by atoms with E-state index in [9.17, 15) is 26.4 Å². The minimum Gasteiger partial charge on any atom is -0.456 e. The summed E-state index contributed by atoms with van der Waals surface area (Å²) in [5, 5.41) is 0.653. The highest BCUT2D eigenvalue weighted by Crippen LogP contribution is 2.37. The zero-order valence-corrected chi connectivity index (χ0v) is 14.7. The molecule has 0 unspecified atom stereocenters. The number of ether oxygens (including phenoxy) is 1. The minimum absolute atomic E-state index is 0.0312. The van der Waals surface area contributed by atoms with Crippen LogP contribution >= 0.6 is 0 Å². The summed E-state index contributed by atoms with van der Waals surface area (Å²) in [6.45, 7) is 1.86. The van der Waals surface area contributed by atoms with Crippen molar-refractivity contribution in [2.24, 2.45) is 0 Å². The zero-order chi connectivity index (χ0) is 19.8. The van der Waals surface area contributed by atoms with Crippen molar-refractivity contribution in [3.8, 4) is 11.5 Å². The first-order valence-electron chi connectivity index (χ1n) is 7.78. The lowest BCUT2D eigenvalue weighted by Crippen LogP contribution is -2.23. The monoisotopic (exact) mass is 398 g/mol. The topological polar surface area (TPSA) is 73.6 Å². The maximum Gasteiger partial charge on any atom is 0.502 e. The van der Waals surface area contributed by atoms with Crippen molar-refractivity contribution in [1.82, 2.24) is 0 Å². The first kappa shape index (κ1) is 19.0. The van der Waals surface area contributed by atoms with Crippen molar-refractivity contribution in [2.75, 3.05) is 0 Å². The summed E-state index contributed by atoms with van der Waals surface area (Å²) < 4.78 is 72.6. The summed E-state index contributed by atoms with van der Waals surface area (Å²) in [5.41, 5.74) is -5.10. The van der Waals surface area contributed by atoms with Gasteiger partial charge in [-0.1, -0.05) is 19.1 Å². The van der Waals surface area contributed by atoms with Crippen LogP contribution in [-0.4, -0.2) is 13.9 Å². The molecular formula is C18H13F3O5S. The summed E-state index contributed by atoms with van der Waals surface area (Å²) in [6, 6.07) is 10.2. The van der Waals surface area contributed by atoms with Crippen LogP contribution in [0, 0.1) is 0 Å². The second kappa shape index (κ2) is 6.73. The Labute approximate surface area is 151 Å². The first-order chi connectivity index (χ1) is 12.6. The smallest absolute Gasteiger partial charge is 0.456 e. The number of benzene rings is 2. The SMILES string of the molecule is CCc1cc(=O)oc2cc(Oc3ccccc3S(=O)(=O)C(F)(F)F)ccc12. The highest BCUT2D eigenvalue weighted by atomic mass is 32.2. The molecule has 9 heteroatoms. The fourth-order valence-corrected chi connectivity index (χ4v) is 3.46. The van der Waals surface area contributed by atoms with Gasteiger partial charge in [0.2, 0.25) is 0 Å². The molecule has 0 amide bonds. The molecule has 0 radical (unpaired) electrons. The summed E-state index contributed by atoms with van der Waals surface area (Å²) in [6.07, 6.45) is 0.578. The van der Waals surface area contributed by atoms with Gasteiger partial charge in [-0.15, -0.1) is 0 Å². The lowest BCUT2D eigenvalue weighted by molar-refractivity contribution is -0.0436. The molecule has 27 heavy (non-hydrogen) atoms. The average molecular weight is 398 g/mol. The van der Waals surface area contributed by atoms with Gasteiger partial charge in [-0.2, -0.15) is 13.2 Å². The number of alkyl halides is 3. The van der Waals surface area contributed by atoms with Gasteiger partial charge in [0.05, 0.1) is 0 Å². The highest BCUT2D eigenvalue weighted by molar-refractivity contribution is 7.92. The van der Waals surface area contributed by atoms with E-state index in [-0.39, 0.29) is 11.3 Å². The fourth-order valence-electron chi connectivity index (χ4n) is 2.57. The van der Waals surface area contributed by atoms with E-state index in [1.54, 1.807) is 6.07 Å². The first-order valence-corrected chi connectivity index (χ1v) is 9.27. The average Bonchev–Trinajstić information content (AvgIpc) is 2.60. The summed E-state index contributed by atoms with van der Waals surface area (Å²) in [4.78, 5) is 10.6. The standard InChI is InChI=1S/C18H13F3O5S/c1-2-11-9-17(22)26-15-10-12(7-8-13(11)15)25-14-5-3-4-6-16(14)27(23,24)18(19,20)21/h3-10H,2H2,1H3. The van der Waals surface area contributed by atoms with Crippen LogP contribution in [0.15, 0.2) is 62.6 Å². The van der Waals surface area contributed by atoms with Crippen molar-refractivity contribution in [1.29, 1.82) is 0 Å². The normalized spacial score (nSPS) is 12.3. The lowest BCUT2D eigenvalue weighted by atomic mass is 10.1. The third-order valence-electron chi connectivity index (χ3n) is 3.85. The molecule has 0 saturated heterocycles. The van der Waals surface area contributed by atoms with Crippen molar-refractivity contribution < 1.29 is 30.7 Å². The Kier molecular flexibility index (Phi) is 4.73. The molecule has 0 saturated carbocycles. The van der Waals surface area contributed by atoms with Crippen molar-refractivity contribution in [3.63, 3.8) is 0 Å². The minimum atomic E-state index is -5.59. The molecule has 0 aliphatic heterocycles. The highest BCUT2D eigenvalue weighted by Gasteiger charge is 2.48. The van der Waals surface area contributed by atoms with Gasteiger partial charge in [-0.3, -0.25) is 0 Å². The van der Waals surface area contributed by atoms with Gasteiger partial charge >= 0.3 is 11.1 Å². The molecule has 0 atom stereocenters. The van der Waals surface area contributed by atoms with Crippen LogP contribution < -0.4 is 10.4 Å². The number of sulfone groups is 1. The van der Waals surface area contributed by atoms with Crippen LogP contribution in [0.4, 0.5) is 13.2 Å². The van der Waals surface area contributed by atoms with E-state index in [1.165, 1.54) is 30.3 Å². The molecular weight excluding hydrogens is 385 g/mol. The molecule has 1 heterocycles. The molecule has 0 N–H and O–H groups in total. The van der Waals surface area contributed by atoms with Crippen molar-refractivity contribution in [2.45, 2.75) is 23.7 Å². The third-order valence-corrected chi connectivity index (χ3v) is 5.38. The van der Waals surface area contributed by atoms with Gasteiger partial charge in [0.25, 0.3) is 9.84 Å². The lowest BCUT2D eigenvalue weighted by Gasteiger charge is -2.13. The quantitative estimate of drug-likeness (QED) is 0.608. The van der Waals surface area contributed by atoms with E-state index in [1.807, 2.05) is 6.92 Å². The maximum absolute atomic E-state index is 12.9. The molecule has 0 spiro atoms. The van der Waals surface area contributed by atoms with Crippen molar-refractivity contribution in [3.05, 3.63) is 64.5 Å². The zero-order valence-electron chi connectivity index (χ0n) is 13.9. The van der Waals surface area contributed by atoms with Gasteiger partial charge in [0.15, 0.2) is 0 Å². The predicted molar refractivity (Wildman–Crippen MR) is 91.6 cm³/mol. The molecule has 0 bridgehead atoms. The second-order valence-corrected chi connectivity index (χ2v) is 7.51. The number of hydrogen-bond donors (Lipinski definition) is 0. The summed E-state index contributed by atoms with van der Waals surface area (Å²) in [5.74, 6) is -0.452. The third kappa shape index (κ3) is 3.55. The predicted octanol–water partition coefficient (Wildman–Crippen LogP) is 4.44. The van der Waals surface area contributed by atoms with Crippen LogP contribution in [0.25, 0.3) is 11.0 Å². The molecule has 5 nitrogen and oxygen atoms in total. The fraction of sp³-hybridized carbons (Fsp3) is 0.167. The molecule has 1 aromatic heterocycles. The Morgan fingerprint density at radius 3 is 2.44 bits per heavy atom. The number of fused-ring (bicyclic) bond motifs is 1. The Balaban J connectivity index is 2.08. The van der Waals surface area contributed by atoms with E-state index < -0.39 is 31.6 Å². The number of aryl methyl sites for hydroxylation is 1. The molecule has 3 rings (SSSR count). The van der Waals surface area contributed by atoms with Gasteiger partial charge in [-0.05, 0) is 36.2 Å². The number of rotatable bonds is 4. The summed E-state index contributed by atoms with van der Waals surface area (Å²) >= 11 is 0. The van der Waals surface area contributed by atoms with E-state index >= 15 is 0 Å². The van der Waals surface area contributed by atoms with Crippen LogP contribution in [0.5, 0.6) is 11.5 Å². The Morgan fingerprint density at radius 2 is 1.78 bits per heavy atom. The molecule has 2 aromatic carbocycles. The van der Waals surface area contributed by atoms with Crippen LogP contribution in [0.2, 0.25) is 0 Å². The van der Waals surface area contributed by atoms with Gasteiger partial charge in [0, 0.05) is 17.5 Å². The van der Waals surface area contributed by atoms with Crippen LogP contribution in [-0.2, 0) is 16.3 Å². The second-order valence-electron chi connectivity index (χ2n) is 5.60. The molecule has 0 aliphatic carbocycles. The largest absolute Gasteiger partial charge is 0.502 e.